The Bertz CT molecular complexity index is 505. The van der Waals surface area contributed by atoms with Gasteiger partial charge < -0.3 is 4.74 Å². The minimum absolute atomic E-state index is 0.263. The van der Waals surface area contributed by atoms with Gasteiger partial charge in [-0.2, -0.15) is 18.4 Å². The topological polar surface area (TPSA) is 50.1 Å². The Hall–Kier alpha value is -1.74. The Labute approximate surface area is 99.4 Å². The molecule has 0 saturated heterocycles. The maximum atomic E-state index is 12.6. The van der Waals surface area contributed by atoms with Gasteiger partial charge in [-0.3, -0.25) is 0 Å². The molecule has 0 saturated carbocycles. The van der Waals surface area contributed by atoms with Crippen molar-refractivity contribution in [3.05, 3.63) is 33.8 Å². The van der Waals surface area contributed by atoms with Gasteiger partial charge in [-0.15, -0.1) is 0 Å². The van der Waals surface area contributed by atoms with Crippen molar-refractivity contribution in [2.24, 2.45) is 0 Å². The number of nitriles is 1. The smallest absolute Gasteiger partial charge is 0.417 e. The third-order valence-corrected chi connectivity index (χ3v) is 2.25. The van der Waals surface area contributed by atoms with Crippen LogP contribution in [0.2, 0.25) is 5.02 Å². The zero-order valence-electron chi connectivity index (χ0n) is 8.43. The van der Waals surface area contributed by atoms with E-state index < -0.39 is 28.8 Å². The lowest BCUT2D eigenvalue weighted by Gasteiger charge is -2.11. The van der Waals surface area contributed by atoms with Crippen LogP contribution in [0.5, 0.6) is 0 Å². The van der Waals surface area contributed by atoms with E-state index in [1.54, 1.807) is 0 Å². The van der Waals surface area contributed by atoms with Crippen molar-refractivity contribution in [2.75, 3.05) is 7.11 Å². The lowest BCUT2D eigenvalue weighted by molar-refractivity contribution is -0.137. The molecule has 0 spiro atoms. The van der Waals surface area contributed by atoms with Gasteiger partial charge in [-0.1, -0.05) is 11.6 Å². The average Bonchev–Trinajstić information content (AvgIpc) is 2.25. The number of rotatable bonds is 1. The SMILES string of the molecule is COC(=O)c1cc(C(F)(F)F)c(C#N)cc1Cl. The zero-order chi connectivity index (χ0) is 13.2. The first-order chi connectivity index (χ1) is 7.81. The molecule has 1 aromatic carbocycles. The molecule has 1 aromatic rings. The number of benzene rings is 1. The van der Waals surface area contributed by atoms with Crippen LogP contribution in [0.3, 0.4) is 0 Å². The van der Waals surface area contributed by atoms with Gasteiger partial charge in [0, 0.05) is 0 Å². The second-order valence-corrected chi connectivity index (χ2v) is 3.39. The van der Waals surface area contributed by atoms with Crippen LogP contribution in [0, 0.1) is 11.3 Å². The molecule has 90 valence electrons. The van der Waals surface area contributed by atoms with Gasteiger partial charge in [0.2, 0.25) is 0 Å². The lowest BCUT2D eigenvalue weighted by Crippen LogP contribution is -2.11. The number of methoxy groups -OCH3 is 1. The normalized spacial score (nSPS) is 10.8. The molecule has 7 heteroatoms. The number of ether oxygens (including phenoxy) is 1. The Kier molecular flexibility index (Phi) is 3.63. The maximum absolute atomic E-state index is 12.6. The number of hydrogen-bond acceptors (Lipinski definition) is 3. The van der Waals surface area contributed by atoms with Gasteiger partial charge >= 0.3 is 12.1 Å². The predicted octanol–water partition coefficient (Wildman–Crippen LogP) is 3.02. The number of esters is 1. The number of nitrogens with zero attached hydrogens (tertiary/aromatic N) is 1. The molecule has 0 aliphatic heterocycles. The molecule has 0 amide bonds. The Morgan fingerprint density at radius 3 is 2.47 bits per heavy atom. The highest BCUT2D eigenvalue weighted by molar-refractivity contribution is 6.33. The van der Waals surface area contributed by atoms with E-state index in [4.69, 9.17) is 16.9 Å². The standard InChI is InChI=1S/C10H5ClF3NO2/c1-17-9(16)6-3-7(10(12,13)14)5(4-15)2-8(6)11/h2-3H,1H3. The quantitative estimate of drug-likeness (QED) is 0.732. The molecule has 0 bridgehead atoms. The molecule has 0 atom stereocenters. The molecule has 1 rings (SSSR count). The molecule has 0 N–H and O–H groups in total. The van der Waals surface area contributed by atoms with Gasteiger partial charge in [0.05, 0.1) is 34.9 Å². The van der Waals surface area contributed by atoms with Crippen LogP contribution >= 0.6 is 11.6 Å². The van der Waals surface area contributed by atoms with E-state index in [1.165, 1.54) is 6.07 Å². The fourth-order valence-electron chi connectivity index (χ4n) is 1.17. The maximum Gasteiger partial charge on any atom is 0.417 e. The van der Waals surface area contributed by atoms with E-state index >= 15 is 0 Å². The Morgan fingerprint density at radius 2 is 2.06 bits per heavy atom. The van der Waals surface area contributed by atoms with Crippen molar-refractivity contribution in [1.29, 1.82) is 5.26 Å². The zero-order valence-corrected chi connectivity index (χ0v) is 9.19. The molecule has 3 nitrogen and oxygen atoms in total. The van der Waals surface area contributed by atoms with Gasteiger partial charge in [-0.05, 0) is 12.1 Å². The van der Waals surface area contributed by atoms with Crippen LogP contribution in [0.15, 0.2) is 12.1 Å². The highest BCUT2D eigenvalue weighted by atomic mass is 35.5. The summed E-state index contributed by atoms with van der Waals surface area (Å²) in [6.45, 7) is 0. The summed E-state index contributed by atoms with van der Waals surface area (Å²) in [5, 5.41) is 8.31. The van der Waals surface area contributed by atoms with Crippen LogP contribution in [-0.4, -0.2) is 13.1 Å². The molecule has 0 aliphatic rings. The summed E-state index contributed by atoms with van der Waals surface area (Å²) < 4.78 is 42.0. The van der Waals surface area contributed by atoms with E-state index in [0.29, 0.717) is 6.07 Å². The number of hydrogen-bond donors (Lipinski definition) is 0. The van der Waals surface area contributed by atoms with Crippen LogP contribution in [-0.2, 0) is 10.9 Å². The molecule has 0 aromatic heterocycles. The summed E-state index contributed by atoms with van der Waals surface area (Å²) >= 11 is 5.58. The highest BCUT2D eigenvalue weighted by Gasteiger charge is 2.35. The van der Waals surface area contributed by atoms with Crippen LogP contribution in [0.25, 0.3) is 0 Å². The molecule has 17 heavy (non-hydrogen) atoms. The molecule has 0 fully saturated rings. The predicted molar refractivity (Wildman–Crippen MR) is 52.5 cm³/mol. The third-order valence-electron chi connectivity index (χ3n) is 1.94. The van der Waals surface area contributed by atoms with Crippen molar-refractivity contribution in [3.8, 4) is 6.07 Å². The molecule has 0 heterocycles. The Morgan fingerprint density at radius 1 is 1.47 bits per heavy atom. The minimum Gasteiger partial charge on any atom is -0.465 e. The first kappa shape index (κ1) is 13.3. The number of carbonyl (C=O) groups is 1. The highest BCUT2D eigenvalue weighted by Crippen LogP contribution is 2.34. The second kappa shape index (κ2) is 4.63. The molecular formula is C10H5ClF3NO2. The van der Waals surface area contributed by atoms with E-state index in [9.17, 15) is 18.0 Å². The molecular weight excluding hydrogens is 259 g/mol. The minimum atomic E-state index is -4.74. The van der Waals surface area contributed by atoms with Crippen LogP contribution < -0.4 is 0 Å². The van der Waals surface area contributed by atoms with Crippen LogP contribution in [0.4, 0.5) is 13.2 Å². The summed E-state index contributed by atoms with van der Waals surface area (Å²) in [6, 6.07) is 2.67. The van der Waals surface area contributed by atoms with Crippen molar-refractivity contribution in [3.63, 3.8) is 0 Å². The van der Waals surface area contributed by atoms with Crippen molar-refractivity contribution >= 4 is 17.6 Å². The van der Waals surface area contributed by atoms with Crippen LogP contribution in [0.1, 0.15) is 21.5 Å². The molecule has 0 radical (unpaired) electrons. The van der Waals surface area contributed by atoms with Gasteiger partial charge in [0.1, 0.15) is 0 Å². The van der Waals surface area contributed by atoms with Crippen molar-refractivity contribution in [1.82, 2.24) is 0 Å². The molecule has 0 unspecified atom stereocenters. The fraction of sp³-hybridized carbons (Fsp3) is 0.200. The first-order valence-electron chi connectivity index (χ1n) is 4.20. The van der Waals surface area contributed by atoms with Gasteiger partial charge in [-0.25, -0.2) is 4.79 Å². The number of alkyl halides is 3. The van der Waals surface area contributed by atoms with Gasteiger partial charge in [0.15, 0.2) is 0 Å². The average molecular weight is 264 g/mol. The largest absolute Gasteiger partial charge is 0.465 e. The molecule has 0 aliphatic carbocycles. The summed E-state index contributed by atoms with van der Waals surface area (Å²) in [7, 11) is 1.02. The number of carbonyl (C=O) groups excluding carboxylic acids is 1. The lowest BCUT2D eigenvalue weighted by atomic mass is 10.0. The second-order valence-electron chi connectivity index (χ2n) is 2.98. The first-order valence-corrected chi connectivity index (χ1v) is 4.58. The summed E-state index contributed by atoms with van der Waals surface area (Å²) in [4.78, 5) is 11.2. The van der Waals surface area contributed by atoms with Crippen molar-refractivity contribution < 1.29 is 22.7 Å². The van der Waals surface area contributed by atoms with Crippen molar-refractivity contribution in [2.45, 2.75) is 6.18 Å². The summed E-state index contributed by atoms with van der Waals surface area (Å²) in [5.74, 6) is -0.995. The fourth-order valence-corrected chi connectivity index (χ4v) is 1.41. The van der Waals surface area contributed by atoms with E-state index in [-0.39, 0.29) is 5.02 Å². The number of halogens is 4. The van der Waals surface area contributed by atoms with E-state index in [1.807, 2.05) is 0 Å². The monoisotopic (exact) mass is 263 g/mol. The summed E-state index contributed by atoms with van der Waals surface area (Å²) in [6.07, 6.45) is -4.74. The van der Waals surface area contributed by atoms with E-state index in [2.05, 4.69) is 4.74 Å². The van der Waals surface area contributed by atoms with Gasteiger partial charge in [0.25, 0.3) is 0 Å². The third kappa shape index (κ3) is 2.68. The Balaban J connectivity index is 3.50. The van der Waals surface area contributed by atoms with E-state index in [0.717, 1.165) is 13.2 Å². The summed E-state index contributed by atoms with van der Waals surface area (Å²) in [5.41, 5.74) is -2.29.